The lowest BCUT2D eigenvalue weighted by Gasteiger charge is -2.27. The van der Waals surface area contributed by atoms with Gasteiger partial charge in [0.1, 0.15) is 0 Å². The van der Waals surface area contributed by atoms with Gasteiger partial charge in [-0.1, -0.05) is 71.7 Å². The molecule has 6 rings (SSSR count). The Morgan fingerprint density at radius 3 is 2.56 bits per heavy atom. The Bertz CT molecular complexity index is 1660. The first kappa shape index (κ1) is 25.4. The standard InChI is InChI=1S/C29H26Cl2N6O2/c30-22-10-8-21(9-11-22)26-29(14-12-20-5-1-2-7-24(20)29)18-37(33-26)27-34-36(17-19-4-3-6-23(31)16-19)28(39)35(27)15-13-25(32)38/h1-11,16H,12-15,17-18H2,(H2,32,38)/t29-/m1/s1. The predicted octanol–water partition coefficient (Wildman–Crippen LogP) is 4.38. The summed E-state index contributed by atoms with van der Waals surface area (Å²) in [4.78, 5) is 25.2. The van der Waals surface area contributed by atoms with Gasteiger partial charge < -0.3 is 5.73 Å². The van der Waals surface area contributed by atoms with Crippen molar-refractivity contribution in [3.05, 3.63) is 116 Å². The number of hydrazone groups is 1. The van der Waals surface area contributed by atoms with Gasteiger partial charge in [0.05, 0.1) is 24.2 Å². The number of benzene rings is 3. The van der Waals surface area contributed by atoms with E-state index in [1.807, 2.05) is 36.4 Å². The van der Waals surface area contributed by atoms with Crippen molar-refractivity contribution in [2.45, 2.75) is 37.8 Å². The molecule has 39 heavy (non-hydrogen) atoms. The molecule has 2 heterocycles. The molecule has 198 valence electrons. The highest BCUT2D eigenvalue weighted by Gasteiger charge is 2.49. The summed E-state index contributed by atoms with van der Waals surface area (Å²) in [6.07, 6.45) is 1.80. The van der Waals surface area contributed by atoms with Crippen molar-refractivity contribution in [3.8, 4) is 0 Å². The number of primary amides is 1. The second kappa shape index (κ2) is 10.0. The zero-order valence-electron chi connectivity index (χ0n) is 21.1. The van der Waals surface area contributed by atoms with Crippen molar-refractivity contribution in [2.75, 3.05) is 11.6 Å². The first-order valence-electron chi connectivity index (χ1n) is 12.8. The van der Waals surface area contributed by atoms with Crippen molar-refractivity contribution in [1.82, 2.24) is 14.3 Å². The highest BCUT2D eigenvalue weighted by Crippen LogP contribution is 2.46. The topological polar surface area (TPSA) is 98.5 Å². The molecule has 0 saturated carbocycles. The number of anilines is 1. The first-order chi connectivity index (χ1) is 18.8. The maximum Gasteiger partial charge on any atom is 0.347 e. The lowest BCUT2D eigenvalue weighted by atomic mass is 9.75. The summed E-state index contributed by atoms with van der Waals surface area (Å²) in [7, 11) is 0. The monoisotopic (exact) mass is 560 g/mol. The average Bonchev–Trinajstić information content (AvgIpc) is 3.58. The Morgan fingerprint density at radius 2 is 1.79 bits per heavy atom. The van der Waals surface area contributed by atoms with Gasteiger partial charge in [-0.15, -0.1) is 5.10 Å². The number of nitrogens with two attached hydrogens (primary N) is 1. The zero-order valence-corrected chi connectivity index (χ0v) is 22.6. The molecule has 0 fully saturated rings. The summed E-state index contributed by atoms with van der Waals surface area (Å²) in [6.45, 7) is 0.836. The van der Waals surface area contributed by atoms with E-state index in [4.69, 9.17) is 39.1 Å². The molecule has 8 nitrogen and oxygen atoms in total. The summed E-state index contributed by atoms with van der Waals surface area (Å²) >= 11 is 12.4. The number of hydrogen-bond donors (Lipinski definition) is 1. The zero-order chi connectivity index (χ0) is 27.1. The van der Waals surface area contributed by atoms with E-state index >= 15 is 0 Å². The molecule has 3 aromatic carbocycles. The van der Waals surface area contributed by atoms with Crippen LogP contribution in [0.2, 0.25) is 10.0 Å². The number of hydrogen-bond acceptors (Lipinski definition) is 5. The highest BCUT2D eigenvalue weighted by atomic mass is 35.5. The van der Waals surface area contributed by atoms with Crippen LogP contribution in [0.4, 0.5) is 5.95 Å². The van der Waals surface area contributed by atoms with E-state index < -0.39 is 5.91 Å². The third-order valence-corrected chi connectivity index (χ3v) is 7.99. The van der Waals surface area contributed by atoms with E-state index in [0.29, 0.717) is 22.5 Å². The normalized spacial score (nSPS) is 18.0. The largest absolute Gasteiger partial charge is 0.370 e. The Balaban J connectivity index is 1.46. The Hall–Kier alpha value is -3.88. The number of fused-ring (bicyclic) bond motifs is 2. The molecule has 1 aliphatic carbocycles. The third kappa shape index (κ3) is 4.64. The van der Waals surface area contributed by atoms with E-state index in [9.17, 15) is 9.59 Å². The Kier molecular flexibility index (Phi) is 6.53. The van der Waals surface area contributed by atoms with Crippen molar-refractivity contribution in [1.29, 1.82) is 0 Å². The first-order valence-corrected chi connectivity index (χ1v) is 13.5. The minimum absolute atomic E-state index is 0.00529. The van der Waals surface area contributed by atoms with Crippen molar-refractivity contribution >= 4 is 40.8 Å². The van der Waals surface area contributed by atoms with Gasteiger partial charge in [-0.2, -0.15) is 5.10 Å². The lowest BCUT2D eigenvalue weighted by molar-refractivity contribution is -0.118. The summed E-state index contributed by atoms with van der Waals surface area (Å²) in [6, 6.07) is 23.4. The number of amides is 1. The maximum atomic E-state index is 13.5. The van der Waals surface area contributed by atoms with Crippen LogP contribution in [-0.4, -0.2) is 32.5 Å². The molecule has 1 atom stereocenters. The fourth-order valence-corrected chi connectivity index (χ4v) is 6.03. The molecule has 2 aliphatic rings. The van der Waals surface area contributed by atoms with Crippen LogP contribution in [0.1, 0.15) is 35.1 Å². The molecular formula is C29H26Cl2N6O2. The second-order valence-electron chi connectivity index (χ2n) is 9.99. The molecule has 1 spiro atoms. The number of halogens is 2. The minimum atomic E-state index is -0.497. The number of carbonyl (C=O) groups excluding carboxylic acids is 1. The van der Waals surface area contributed by atoms with Crippen LogP contribution in [0.5, 0.6) is 0 Å². The molecular weight excluding hydrogens is 535 g/mol. The predicted molar refractivity (Wildman–Crippen MR) is 153 cm³/mol. The van der Waals surface area contributed by atoms with E-state index in [-0.39, 0.29) is 30.6 Å². The molecule has 2 N–H and O–H groups in total. The van der Waals surface area contributed by atoms with Gasteiger partial charge in [-0.25, -0.2) is 14.5 Å². The average molecular weight is 561 g/mol. The van der Waals surface area contributed by atoms with Gasteiger partial charge in [-0.05, 0) is 59.4 Å². The third-order valence-electron chi connectivity index (χ3n) is 7.50. The number of rotatable bonds is 7. The quantitative estimate of drug-likeness (QED) is 0.362. The van der Waals surface area contributed by atoms with Crippen molar-refractivity contribution in [2.24, 2.45) is 10.8 Å². The van der Waals surface area contributed by atoms with Gasteiger partial charge in [-0.3, -0.25) is 9.36 Å². The number of aryl methyl sites for hydroxylation is 1. The second-order valence-corrected chi connectivity index (χ2v) is 10.9. The van der Waals surface area contributed by atoms with Gasteiger partial charge in [0.25, 0.3) is 0 Å². The fraction of sp³-hybridized carbons (Fsp3) is 0.241. The summed E-state index contributed by atoms with van der Waals surface area (Å²) in [5.41, 5.74) is 9.94. The van der Waals surface area contributed by atoms with E-state index in [2.05, 4.69) is 24.3 Å². The Morgan fingerprint density at radius 1 is 1.00 bits per heavy atom. The van der Waals surface area contributed by atoms with Crippen LogP contribution in [0.3, 0.4) is 0 Å². The van der Waals surface area contributed by atoms with E-state index in [0.717, 1.165) is 29.7 Å². The van der Waals surface area contributed by atoms with Gasteiger partial charge >= 0.3 is 5.69 Å². The molecule has 10 heteroatoms. The molecule has 0 unspecified atom stereocenters. The fourth-order valence-electron chi connectivity index (χ4n) is 5.69. The summed E-state index contributed by atoms with van der Waals surface area (Å²) in [5.74, 6) is -0.126. The molecule has 0 saturated heterocycles. The van der Waals surface area contributed by atoms with Crippen molar-refractivity contribution < 1.29 is 4.79 Å². The van der Waals surface area contributed by atoms with Crippen LogP contribution in [0.15, 0.2) is 82.7 Å². The number of aromatic nitrogens is 3. The lowest BCUT2D eigenvalue weighted by Crippen LogP contribution is -2.37. The highest BCUT2D eigenvalue weighted by molar-refractivity contribution is 6.31. The molecule has 1 aromatic heterocycles. The molecule has 0 radical (unpaired) electrons. The summed E-state index contributed by atoms with van der Waals surface area (Å²) in [5, 5.41) is 12.8. The Labute approximate surface area is 235 Å². The SMILES string of the molecule is NC(=O)CCn1c(N2C[C@@]3(CCc4ccccc43)C(c3ccc(Cl)cc3)=N2)nn(Cc2cccc(Cl)c2)c1=O. The molecule has 1 amide bonds. The summed E-state index contributed by atoms with van der Waals surface area (Å²) < 4.78 is 2.87. The van der Waals surface area contributed by atoms with Crippen LogP contribution >= 0.6 is 23.2 Å². The van der Waals surface area contributed by atoms with Gasteiger partial charge in [0, 0.05) is 23.0 Å². The number of carbonyl (C=O) groups is 1. The smallest absolute Gasteiger partial charge is 0.347 e. The van der Waals surface area contributed by atoms with Crippen LogP contribution < -0.4 is 16.4 Å². The van der Waals surface area contributed by atoms with Gasteiger partial charge in [0.15, 0.2) is 0 Å². The molecule has 1 aliphatic heterocycles. The van der Waals surface area contributed by atoms with E-state index in [1.54, 1.807) is 17.1 Å². The van der Waals surface area contributed by atoms with Crippen molar-refractivity contribution in [3.63, 3.8) is 0 Å². The molecule has 4 aromatic rings. The molecule has 0 bridgehead atoms. The number of nitrogens with zero attached hydrogens (tertiary/aromatic N) is 5. The van der Waals surface area contributed by atoms with Gasteiger partial charge in [0.2, 0.25) is 11.9 Å². The van der Waals surface area contributed by atoms with Crippen LogP contribution in [0.25, 0.3) is 0 Å². The minimum Gasteiger partial charge on any atom is -0.370 e. The maximum absolute atomic E-state index is 13.5. The van der Waals surface area contributed by atoms with E-state index in [1.165, 1.54) is 20.4 Å². The van der Waals surface area contributed by atoms with Crippen LogP contribution in [0, 0.1) is 0 Å². The van der Waals surface area contributed by atoms with Crippen LogP contribution in [-0.2, 0) is 29.7 Å².